The summed E-state index contributed by atoms with van der Waals surface area (Å²) < 4.78 is 0. The molecule has 8 nitrogen and oxygen atoms in total. The van der Waals surface area contributed by atoms with Gasteiger partial charge in [0, 0.05) is 48.8 Å². The van der Waals surface area contributed by atoms with Crippen molar-refractivity contribution in [2.24, 2.45) is 0 Å². The second-order valence-electron chi connectivity index (χ2n) is 6.02. The predicted octanol–water partition coefficient (Wildman–Crippen LogP) is 2.65. The minimum absolute atomic E-state index is 0.0411. The van der Waals surface area contributed by atoms with E-state index in [0.29, 0.717) is 23.7 Å². The van der Waals surface area contributed by atoms with Gasteiger partial charge in [-0.25, -0.2) is 9.97 Å². The zero-order valence-corrected chi connectivity index (χ0v) is 13.8. The normalized spacial score (nSPS) is 17.0. The van der Waals surface area contributed by atoms with Crippen molar-refractivity contribution in [3.05, 3.63) is 51.8 Å². The predicted molar refractivity (Wildman–Crippen MR) is 93.4 cm³/mol. The average Bonchev–Trinajstić information content (AvgIpc) is 2.64. The third kappa shape index (κ3) is 3.66. The van der Waals surface area contributed by atoms with Crippen LogP contribution in [-0.4, -0.2) is 34.0 Å². The molecule has 0 bridgehead atoms. The minimum Gasteiger partial charge on any atom is -0.380 e. The molecular weight excluding hydrogens is 320 g/mol. The zero-order chi connectivity index (χ0) is 17.8. The number of piperidine rings is 1. The van der Waals surface area contributed by atoms with E-state index >= 15 is 0 Å². The second-order valence-corrected chi connectivity index (χ2v) is 6.02. The summed E-state index contributed by atoms with van der Waals surface area (Å²) in [6.07, 6.45) is 5.33. The molecule has 3 rings (SSSR count). The fourth-order valence-corrected chi connectivity index (χ4v) is 3.05. The van der Waals surface area contributed by atoms with Crippen LogP contribution in [0.3, 0.4) is 0 Å². The molecule has 1 aromatic heterocycles. The molecule has 2 aromatic rings. The third-order valence-corrected chi connectivity index (χ3v) is 4.32. The van der Waals surface area contributed by atoms with Crippen molar-refractivity contribution >= 4 is 17.3 Å². The van der Waals surface area contributed by atoms with E-state index in [1.807, 2.05) is 6.07 Å². The van der Waals surface area contributed by atoms with Gasteiger partial charge in [0.05, 0.1) is 16.6 Å². The summed E-state index contributed by atoms with van der Waals surface area (Å²) in [5.74, 6) is 0.683. The maximum Gasteiger partial charge on any atom is 0.275 e. The van der Waals surface area contributed by atoms with Gasteiger partial charge in [-0.2, -0.15) is 5.26 Å². The highest BCUT2D eigenvalue weighted by Crippen LogP contribution is 2.29. The third-order valence-electron chi connectivity index (χ3n) is 4.32. The van der Waals surface area contributed by atoms with Crippen LogP contribution < -0.4 is 10.2 Å². The Kier molecular flexibility index (Phi) is 4.75. The molecular formula is C17H18N6O2. The second kappa shape index (κ2) is 7.13. The van der Waals surface area contributed by atoms with Crippen LogP contribution in [0, 0.1) is 28.4 Å². The molecule has 1 fully saturated rings. The van der Waals surface area contributed by atoms with E-state index in [1.54, 1.807) is 31.5 Å². The topological polar surface area (TPSA) is 108 Å². The summed E-state index contributed by atoms with van der Waals surface area (Å²) in [5, 5.41) is 23.7. The maximum atomic E-state index is 11.2. The van der Waals surface area contributed by atoms with Gasteiger partial charge in [0.25, 0.3) is 5.69 Å². The molecule has 1 N–H and O–H groups in total. The molecule has 0 radical (unpaired) electrons. The van der Waals surface area contributed by atoms with Crippen molar-refractivity contribution in [2.75, 3.05) is 23.3 Å². The first-order valence-corrected chi connectivity index (χ1v) is 8.06. The number of hydrogen-bond donors (Lipinski definition) is 1. The molecule has 128 valence electrons. The number of nitro benzene ring substituents is 1. The number of aromatic nitrogens is 2. The van der Waals surface area contributed by atoms with Crippen LogP contribution in [0.4, 0.5) is 17.3 Å². The fraction of sp³-hybridized carbons (Fsp3) is 0.353. The van der Waals surface area contributed by atoms with Crippen molar-refractivity contribution in [1.82, 2.24) is 9.97 Å². The summed E-state index contributed by atoms with van der Waals surface area (Å²) in [6, 6.07) is 6.84. The highest BCUT2D eigenvalue weighted by Gasteiger charge is 2.24. The van der Waals surface area contributed by atoms with Crippen molar-refractivity contribution in [2.45, 2.75) is 25.8 Å². The van der Waals surface area contributed by atoms with Crippen molar-refractivity contribution in [3.8, 4) is 6.07 Å². The lowest BCUT2D eigenvalue weighted by molar-refractivity contribution is -0.385. The SMILES string of the molecule is Cc1c(N[C@H]2CCCN(c3ncccn3)C2)cc(C#N)cc1[N+](=O)[O-]. The molecule has 1 aliphatic heterocycles. The van der Waals surface area contributed by atoms with Gasteiger partial charge in [-0.05, 0) is 31.9 Å². The van der Waals surface area contributed by atoms with E-state index < -0.39 is 4.92 Å². The summed E-state index contributed by atoms with van der Waals surface area (Å²) in [4.78, 5) is 21.4. The largest absolute Gasteiger partial charge is 0.380 e. The first-order chi connectivity index (χ1) is 12.1. The van der Waals surface area contributed by atoms with Crippen LogP contribution in [0.5, 0.6) is 0 Å². The van der Waals surface area contributed by atoms with E-state index in [2.05, 4.69) is 20.2 Å². The van der Waals surface area contributed by atoms with Gasteiger partial charge in [-0.15, -0.1) is 0 Å². The molecule has 0 unspecified atom stereocenters. The Morgan fingerprint density at radius 3 is 2.84 bits per heavy atom. The molecule has 2 heterocycles. The summed E-state index contributed by atoms with van der Waals surface area (Å²) in [5.41, 5.74) is 1.41. The Morgan fingerprint density at radius 2 is 2.16 bits per heavy atom. The molecule has 1 saturated heterocycles. The Morgan fingerprint density at radius 1 is 1.40 bits per heavy atom. The van der Waals surface area contributed by atoms with Crippen molar-refractivity contribution in [3.63, 3.8) is 0 Å². The number of hydrogen-bond acceptors (Lipinski definition) is 7. The van der Waals surface area contributed by atoms with Gasteiger partial charge < -0.3 is 10.2 Å². The monoisotopic (exact) mass is 338 g/mol. The quantitative estimate of drug-likeness (QED) is 0.674. The zero-order valence-electron chi connectivity index (χ0n) is 13.8. The smallest absolute Gasteiger partial charge is 0.275 e. The van der Waals surface area contributed by atoms with Gasteiger partial charge in [-0.3, -0.25) is 10.1 Å². The Labute approximate surface area is 145 Å². The first kappa shape index (κ1) is 16.6. The Balaban J connectivity index is 1.81. The van der Waals surface area contributed by atoms with E-state index in [4.69, 9.17) is 5.26 Å². The van der Waals surface area contributed by atoms with E-state index in [9.17, 15) is 10.1 Å². The molecule has 1 aliphatic rings. The Bertz CT molecular complexity index is 818. The minimum atomic E-state index is -0.452. The van der Waals surface area contributed by atoms with Crippen LogP contribution >= 0.6 is 0 Å². The lowest BCUT2D eigenvalue weighted by Gasteiger charge is -2.33. The van der Waals surface area contributed by atoms with E-state index in [0.717, 1.165) is 19.4 Å². The number of nitriles is 1. The van der Waals surface area contributed by atoms with Crippen LogP contribution in [0.1, 0.15) is 24.0 Å². The molecule has 0 spiro atoms. The lowest BCUT2D eigenvalue weighted by Crippen LogP contribution is -2.43. The van der Waals surface area contributed by atoms with Gasteiger partial charge in [0.15, 0.2) is 0 Å². The first-order valence-electron chi connectivity index (χ1n) is 8.06. The van der Waals surface area contributed by atoms with Gasteiger partial charge >= 0.3 is 0 Å². The van der Waals surface area contributed by atoms with Crippen molar-refractivity contribution in [1.29, 1.82) is 5.26 Å². The number of nitro groups is 1. The van der Waals surface area contributed by atoms with E-state index in [1.165, 1.54) is 6.07 Å². The molecule has 1 aromatic carbocycles. The number of rotatable bonds is 4. The molecule has 1 atom stereocenters. The number of benzene rings is 1. The van der Waals surface area contributed by atoms with E-state index in [-0.39, 0.29) is 17.3 Å². The standard InChI is InChI=1S/C17H18N6O2/c1-12-15(8-13(10-18)9-16(12)23(24)25)21-14-4-2-7-22(11-14)17-19-5-3-6-20-17/h3,5-6,8-9,14,21H,2,4,7,11H2,1H3/t14-/m0/s1. The Hall–Kier alpha value is -3.21. The van der Waals surface area contributed by atoms with Crippen LogP contribution in [-0.2, 0) is 0 Å². The van der Waals surface area contributed by atoms with Crippen molar-refractivity contribution < 1.29 is 4.92 Å². The number of nitrogens with zero attached hydrogens (tertiary/aromatic N) is 5. The van der Waals surface area contributed by atoms with Crippen LogP contribution in [0.15, 0.2) is 30.6 Å². The number of anilines is 2. The number of nitrogens with one attached hydrogen (secondary N) is 1. The molecule has 0 aliphatic carbocycles. The molecule has 8 heteroatoms. The fourth-order valence-electron chi connectivity index (χ4n) is 3.05. The highest BCUT2D eigenvalue weighted by molar-refractivity contribution is 5.64. The molecule has 0 amide bonds. The van der Waals surface area contributed by atoms with Gasteiger partial charge in [0.2, 0.25) is 5.95 Å². The van der Waals surface area contributed by atoms with Gasteiger partial charge in [0.1, 0.15) is 0 Å². The maximum absolute atomic E-state index is 11.2. The highest BCUT2D eigenvalue weighted by atomic mass is 16.6. The lowest BCUT2D eigenvalue weighted by atomic mass is 10.0. The average molecular weight is 338 g/mol. The van der Waals surface area contributed by atoms with Gasteiger partial charge in [-0.1, -0.05) is 0 Å². The molecule has 25 heavy (non-hydrogen) atoms. The summed E-state index contributed by atoms with van der Waals surface area (Å²) in [7, 11) is 0. The summed E-state index contributed by atoms with van der Waals surface area (Å²) in [6.45, 7) is 3.27. The molecule has 0 saturated carbocycles. The summed E-state index contributed by atoms with van der Waals surface area (Å²) >= 11 is 0. The van der Waals surface area contributed by atoms with Crippen LogP contribution in [0.2, 0.25) is 0 Å². The van der Waals surface area contributed by atoms with Crippen LogP contribution in [0.25, 0.3) is 0 Å².